The van der Waals surface area contributed by atoms with E-state index in [0.29, 0.717) is 28.0 Å². The number of rotatable bonds is 4. The van der Waals surface area contributed by atoms with Crippen LogP contribution in [-0.4, -0.2) is 22.5 Å². The number of carbonyl (C=O) groups is 1. The molecule has 0 saturated heterocycles. The van der Waals surface area contributed by atoms with Crippen molar-refractivity contribution in [2.75, 3.05) is 6.79 Å². The van der Waals surface area contributed by atoms with Crippen LogP contribution in [-0.2, 0) is 6.54 Å². The molecule has 2 aliphatic heterocycles. The van der Waals surface area contributed by atoms with E-state index in [2.05, 4.69) is 0 Å². The molecule has 0 bridgehead atoms. The van der Waals surface area contributed by atoms with Crippen LogP contribution < -0.4 is 14.9 Å². The number of nitrogens with zero attached hydrogens (tertiary/aromatic N) is 2. The summed E-state index contributed by atoms with van der Waals surface area (Å²) < 4.78 is 16.7. The van der Waals surface area contributed by atoms with Gasteiger partial charge in [0.25, 0.3) is 11.6 Å². The first-order valence-electron chi connectivity index (χ1n) is 10.5. The normalized spacial score (nSPS) is 16.2. The van der Waals surface area contributed by atoms with Gasteiger partial charge >= 0.3 is 0 Å². The van der Waals surface area contributed by atoms with Crippen LogP contribution in [0.25, 0.3) is 11.0 Å². The minimum absolute atomic E-state index is 0.0206. The molecule has 1 aromatic heterocycles. The fourth-order valence-corrected chi connectivity index (χ4v) is 4.49. The van der Waals surface area contributed by atoms with Crippen molar-refractivity contribution >= 4 is 22.6 Å². The maximum absolute atomic E-state index is 13.5. The molecule has 1 atom stereocenters. The number of nitro benzene ring substituents is 1. The number of hydrogen-bond acceptors (Lipinski definition) is 7. The molecule has 0 aliphatic carbocycles. The van der Waals surface area contributed by atoms with Crippen molar-refractivity contribution in [3.05, 3.63) is 110 Å². The maximum atomic E-state index is 13.5. The Labute approximate surface area is 191 Å². The van der Waals surface area contributed by atoms with Crippen molar-refractivity contribution in [3.63, 3.8) is 0 Å². The number of benzene rings is 3. The Balaban J connectivity index is 1.50. The van der Waals surface area contributed by atoms with Gasteiger partial charge in [-0.15, -0.1) is 0 Å². The monoisotopic (exact) mass is 456 g/mol. The van der Waals surface area contributed by atoms with E-state index < -0.39 is 16.9 Å². The van der Waals surface area contributed by atoms with Gasteiger partial charge in [-0.25, -0.2) is 0 Å². The van der Waals surface area contributed by atoms with Crippen LogP contribution in [0.15, 0.2) is 75.9 Å². The van der Waals surface area contributed by atoms with E-state index in [-0.39, 0.29) is 35.8 Å². The third kappa shape index (κ3) is 3.01. The molecule has 1 unspecified atom stereocenters. The summed E-state index contributed by atoms with van der Waals surface area (Å²) in [6.07, 6.45) is 0. The largest absolute Gasteiger partial charge is 0.454 e. The summed E-state index contributed by atoms with van der Waals surface area (Å²) in [4.78, 5) is 39.2. The average molecular weight is 456 g/mol. The van der Waals surface area contributed by atoms with Gasteiger partial charge < -0.3 is 18.8 Å². The summed E-state index contributed by atoms with van der Waals surface area (Å²) in [5, 5.41) is 11.5. The number of hydrogen-bond donors (Lipinski definition) is 0. The lowest BCUT2D eigenvalue weighted by atomic mass is 9.98. The quantitative estimate of drug-likeness (QED) is 0.335. The Morgan fingerprint density at radius 2 is 1.74 bits per heavy atom. The molecule has 0 fully saturated rings. The first-order chi connectivity index (χ1) is 16.5. The Kier molecular flexibility index (Phi) is 4.38. The fourth-order valence-electron chi connectivity index (χ4n) is 4.49. The van der Waals surface area contributed by atoms with E-state index in [9.17, 15) is 19.7 Å². The zero-order valence-corrected chi connectivity index (χ0v) is 17.6. The third-order valence-corrected chi connectivity index (χ3v) is 6.08. The van der Waals surface area contributed by atoms with Crippen molar-refractivity contribution in [3.8, 4) is 11.5 Å². The number of para-hydroxylation sites is 1. The predicted octanol–water partition coefficient (Wildman–Crippen LogP) is 4.18. The van der Waals surface area contributed by atoms with Crippen LogP contribution in [0.5, 0.6) is 11.5 Å². The molecule has 9 heteroatoms. The van der Waals surface area contributed by atoms with E-state index in [1.54, 1.807) is 48.5 Å². The molecule has 0 spiro atoms. The van der Waals surface area contributed by atoms with Crippen LogP contribution >= 0.6 is 0 Å². The number of fused-ring (bicyclic) bond motifs is 3. The third-order valence-electron chi connectivity index (χ3n) is 6.08. The summed E-state index contributed by atoms with van der Waals surface area (Å²) in [5.74, 6) is 0.745. The van der Waals surface area contributed by atoms with Gasteiger partial charge in [0.2, 0.25) is 12.6 Å². The molecular weight excluding hydrogens is 440 g/mol. The van der Waals surface area contributed by atoms with E-state index in [0.717, 1.165) is 5.56 Å². The second kappa shape index (κ2) is 7.45. The van der Waals surface area contributed by atoms with Crippen molar-refractivity contribution in [2.24, 2.45) is 0 Å². The zero-order valence-electron chi connectivity index (χ0n) is 17.6. The predicted molar refractivity (Wildman–Crippen MR) is 120 cm³/mol. The molecule has 9 nitrogen and oxygen atoms in total. The SMILES string of the molecule is O=C1c2oc3ccccc3c(=O)c2C(c2ccc([N+](=O)[O-])cc2)N1Cc1ccc2c(c1)OCO2. The second-order valence-corrected chi connectivity index (χ2v) is 8.04. The highest BCUT2D eigenvalue weighted by Gasteiger charge is 2.43. The molecule has 0 N–H and O–H groups in total. The van der Waals surface area contributed by atoms with E-state index in [1.807, 2.05) is 6.07 Å². The summed E-state index contributed by atoms with van der Waals surface area (Å²) in [5.41, 5.74) is 1.50. The summed E-state index contributed by atoms with van der Waals surface area (Å²) in [6.45, 7) is 0.292. The molecule has 168 valence electrons. The van der Waals surface area contributed by atoms with Gasteiger partial charge in [-0.2, -0.15) is 0 Å². The Bertz CT molecular complexity index is 1540. The molecule has 3 aromatic carbocycles. The topological polar surface area (TPSA) is 112 Å². The van der Waals surface area contributed by atoms with Gasteiger partial charge in [-0.3, -0.25) is 19.7 Å². The number of non-ortho nitro benzene ring substituents is 1. The van der Waals surface area contributed by atoms with Crippen LogP contribution in [0, 0.1) is 10.1 Å². The minimum atomic E-state index is -0.769. The van der Waals surface area contributed by atoms with E-state index in [4.69, 9.17) is 13.9 Å². The number of amides is 1. The van der Waals surface area contributed by atoms with Crippen LogP contribution in [0.2, 0.25) is 0 Å². The van der Waals surface area contributed by atoms with Gasteiger partial charge in [-0.1, -0.05) is 18.2 Å². The van der Waals surface area contributed by atoms with E-state index in [1.165, 1.54) is 17.0 Å². The van der Waals surface area contributed by atoms with Gasteiger partial charge in [0.05, 0.1) is 21.9 Å². The molecular formula is C25H16N2O7. The number of nitro groups is 1. The number of ether oxygens (including phenoxy) is 2. The Morgan fingerprint density at radius 1 is 0.971 bits per heavy atom. The van der Waals surface area contributed by atoms with Crippen molar-refractivity contribution in [1.82, 2.24) is 4.90 Å². The molecule has 6 rings (SSSR count). The number of carbonyl (C=O) groups excluding carboxylic acids is 1. The minimum Gasteiger partial charge on any atom is -0.454 e. The molecule has 0 saturated carbocycles. The highest BCUT2D eigenvalue weighted by atomic mass is 16.7. The molecule has 4 aromatic rings. The lowest BCUT2D eigenvalue weighted by Gasteiger charge is -2.25. The van der Waals surface area contributed by atoms with Gasteiger partial charge in [0, 0.05) is 18.7 Å². The van der Waals surface area contributed by atoms with Crippen LogP contribution in [0.3, 0.4) is 0 Å². The van der Waals surface area contributed by atoms with Crippen LogP contribution in [0.4, 0.5) is 5.69 Å². The molecule has 34 heavy (non-hydrogen) atoms. The molecule has 3 heterocycles. The second-order valence-electron chi connectivity index (χ2n) is 8.04. The fraction of sp³-hybridized carbons (Fsp3) is 0.120. The Morgan fingerprint density at radius 3 is 2.53 bits per heavy atom. The van der Waals surface area contributed by atoms with E-state index >= 15 is 0 Å². The summed E-state index contributed by atoms with van der Waals surface area (Å²) in [7, 11) is 0. The lowest BCUT2D eigenvalue weighted by molar-refractivity contribution is -0.384. The van der Waals surface area contributed by atoms with Crippen molar-refractivity contribution in [1.29, 1.82) is 0 Å². The van der Waals surface area contributed by atoms with Crippen LogP contribution in [0.1, 0.15) is 33.3 Å². The molecule has 0 radical (unpaired) electrons. The standard InChI is InChI=1S/C25H16N2O7/c28-23-17-3-1-2-4-18(17)34-24-21(23)22(15-6-8-16(9-7-15)27(30)31)26(25(24)29)12-14-5-10-19-20(11-14)33-13-32-19/h1-11,22H,12-13H2. The summed E-state index contributed by atoms with van der Waals surface area (Å²) >= 11 is 0. The highest BCUT2D eigenvalue weighted by Crippen LogP contribution is 2.40. The molecule has 2 aliphatic rings. The van der Waals surface area contributed by atoms with Crippen molar-refractivity contribution < 1.29 is 23.6 Å². The van der Waals surface area contributed by atoms with Crippen molar-refractivity contribution in [2.45, 2.75) is 12.6 Å². The zero-order chi connectivity index (χ0) is 23.4. The average Bonchev–Trinajstić information content (AvgIpc) is 3.42. The highest BCUT2D eigenvalue weighted by molar-refractivity contribution is 5.99. The van der Waals surface area contributed by atoms with Gasteiger partial charge in [-0.05, 0) is 47.5 Å². The molecule has 1 amide bonds. The smallest absolute Gasteiger partial charge is 0.291 e. The van der Waals surface area contributed by atoms with Gasteiger partial charge in [0.15, 0.2) is 16.9 Å². The van der Waals surface area contributed by atoms with Gasteiger partial charge in [0.1, 0.15) is 5.58 Å². The lowest BCUT2D eigenvalue weighted by Crippen LogP contribution is -2.29. The maximum Gasteiger partial charge on any atom is 0.291 e. The Hall–Kier alpha value is -4.66. The first-order valence-corrected chi connectivity index (χ1v) is 10.5. The summed E-state index contributed by atoms with van der Waals surface area (Å²) in [6, 6.07) is 17.2. The first kappa shape index (κ1) is 20.0.